The van der Waals surface area contributed by atoms with Crippen LogP contribution in [0.5, 0.6) is 0 Å². The zero-order chi connectivity index (χ0) is 15.2. The predicted molar refractivity (Wildman–Crippen MR) is 93.6 cm³/mol. The van der Waals surface area contributed by atoms with Crippen molar-refractivity contribution in [3.63, 3.8) is 0 Å². The summed E-state index contributed by atoms with van der Waals surface area (Å²) in [7, 11) is 0. The average molecular weight is 352 g/mol. The van der Waals surface area contributed by atoms with Gasteiger partial charge in [-0.2, -0.15) is 0 Å². The maximum absolute atomic E-state index is 6.11. The van der Waals surface area contributed by atoms with Crippen LogP contribution in [0.2, 0.25) is 0 Å². The van der Waals surface area contributed by atoms with Gasteiger partial charge in [-0.15, -0.1) is 0 Å². The van der Waals surface area contributed by atoms with Crippen molar-refractivity contribution in [2.75, 3.05) is 6.54 Å². The Bertz CT molecular complexity index is 561. The largest absolute Gasteiger partial charge is 0.458 e. The summed E-state index contributed by atoms with van der Waals surface area (Å²) < 4.78 is 7.14. The van der Waals surface area contributed by atoms with E-state index in [-0.39, 0.29) is 0 Å². The second-order valence-corrected chi connectivity index (χ2v) is 6.99. The lowest BCUT2D eigenvalue weighted by Crippen LogP contribution is -2.21. The summed E-state index contributed by atoms with van der Waals surface area (Å²) in [5.41, 5.74) is 0.958. The third kappa shape index (κ3) is 4.58. The van der Waals surface area contributed by atoms with Crippen LogP contribution in [-0.2, 0) is 0 Å². The minimum absolute atomic E-state index is 0.322. The molecular weight excluding hydrogens is 326 g/mol. The number of hydrogen-bond donors (Lipinski definition) is 1. The average Bonchev–Trinajstić information content (AvgIpc) is 2.87. The van der Waals surface area contributed by atoms with Crippen LogP contribution in [0.1, 0.15) is 58.3 Å². The second kappa shape index (κ2) is 8.00. The lowest BCUT2D eigenvalue weighted by molar-refractivity contribution is 0.388. The zero-order valence-electron chi connectivity index (χ0n) is 13.3. The lowest BCUT2D eigenvalue weighted by Gasteiger charge is -2.16. The van der Waals surface area contributed by atoms with Crippen molar-refractivity contribution < 1.29 is 4.42 Å². The van der Waals surface area contributed by atoms with Gasteiger partial charge in [-0.1, -0.05) is 45.7 Å². The van der Waals surface area contributed by atoms with Crippen LogP contribution in [0.3, 0.4) is 0 Å². The van der Waals surface area contributed by atoms with Crippen LogP contribution in [0.15, 0.2) is 33.2 Å². The van der Waals surface area contributed by atoms with Gasteiger partial charge in [0, 0.05) is 5.39 Å². The molecule has 0 saturated carbocycles. The van der Waals surface area contributed by atoms with E-state index in [2.05, 4.69) is 60.2 Å². The molecule has 2 rings (SSSR count). The molecule has 0 aliphatic heterocycles. The Morgan fingerprint density at radius 3 is 2.71 bits per heavy atom. The van der Waals surface area contributed by atoms with Crippen LogP contribution in [-0.4, -0.2) is 6.54 Å². The van der Waals surface area contributed by atoms with Gasteiger partial charge in [-0.3, -0.25) is 0 Å². The minimum atomic E-state index is 0.322. The van der Waals surface area contributed by atoms with E-state index in [1.165, 1.54) is 18.2 Å². The Kier molecular flexibility index (Phi) is 6.31. The number of para-hydroxylation sites is 1. The molecule has 2 nitrogen and oxygen atoms in total. The summed E-state index contributed by atoms with van der Waals surface area (Å²) in [5.74, 6) is 1.83. The molecule has 0 aliphatic rings. The van der Waals surface area contributed by atoms with E-state index in [0.717, 1.165) is 41.1 Å². The molecule has 0 spiro atoms. The van der Waals surface area contributed by atoms with Gasteiger partial charge in [-0.05, 0) is 53.4 Å². The SMILES string of the molecule is CCCNC(CCCC(C)C)c1cc2cccc(Br)c2o1. The standard InChI is InChI=1S/C18H26BrNO/c1-4-11-20-16(10-5-7-13(2)3)17-12-14-8-6-9-15(19)18(14)21-17/h6,8-9,12-13,16,20H,4-5,7,10-11H2,1-3H3. The van der Waals surface area contributed by atoms with Gasteiger partial charge in [0.2, 0.25) is 0 Å². The van der Waals surface area contributed by atoms with E-state index in [1.807, 2.05) is 6.07 Å². The number of furan rings is 1. The van der Waals surface area contributed by atoms with Crippen molar-refractivity contribution in [3.05, 3.63) is 34.5 Å². The Morgan fingerprint density at radius 1 is 1.24 bits per heavy atom. The zero-order valence-corrected chi connectivity index (χ0v) is 14.9. The quantitative estimate of drug-likeness (QED) is 0.624. The Morgan fingerprint density at radius 2 is 2.05 bits per heavy atom. The third-order valence-corrected chi connectivity index (χ3v) is 4.40. The third-order valence-electron chi connectivity index (χ3n) is 3.77. The van der Waals surface area contributed by atoms with Crippen molar-refractivity contribution in [2.24, 2.45) is 5.92 Å². The van der Waals surface area contributed by atoms with E-state index >= 15 is 0 Å². The predicted octanol–water partition coefficient (Wildman–Crippen LogP) is 6.06. The van der Waals surface area contributed by atoms with Gasteiger partial charge in [0.15, 0.2) is 0 Å². The molecule has 116 valence electrons. The first-order valence-corrected chi connectivity index (χ1v) is 8.82. The van der Waals surface area contributed by atoms with Crippen LogP contribution in [0, 0.1) is 5.92 Å². The van der Waals surface area contributed by atoms with Gasteiger partial charge >= 0.3 is 0 Å². The molecule has 2 aromatic rings. The van der Waals surface area contributed by atoms with E-state index in [1.54, 1.807) is 0 Å². The topological polar surface area (TPSA) is 25.2 Å². The van der Waals surface area contributed by atoms with E-state index < -0.39 is 0 Å². The van der Waals surface area contributed by atoms with Crippen molar-refractivity contribution in [1.82, 2.24) is 5.32 Å². The van der Waals surface area contributed by atoms with Crippen LogP contribution >= 0.6 is 15.9 Å². The minimum Gasteiger partial charge on any atom is -0.458 e. The van der Waals surface area contributed by atoms with Gasteiger partial charge in [-0.25, -0.2) is 0 Å². The van der Waals surface area contributed by atoms with Gasteiger partial charge in [0.1, 0.15) is 11.3 Å². The molecule has 0 saturated heterocycles. The highest BCUT2D eigenvalue weighted by Gasteiger charge is 2.16. The molecule has 0 bridgehead atoms. The summed E-state index contributed by atoms with van der Waals surface area (Å²) in [5, 5.41) is 4.80. The van der Waals surface area contributed by atoms with Crippen LogP contribution < -0.4 is 5.32 Å². The highest BCUT2D eigenvalue weighted by Crippen LogP contribution is 2.31. The Hall–Kier alpha value is -0.800. The monoisotopic (exact) mass is 351 g/mol. The number of fused-ring (bicyclic) bond motifs is 1. The molecule has 1 atom stereocenters. The molecule has 1 aromatic carbocycles. The van der Waals surface area contributed by atoms with Crippen LogP contribution in [0.25, 0.3) is 11.0 Å². The first-order valence-electron chi connectivity index (χ1n) is 8.03. The number of nitrogens with one attached hydrogen (secondary N) is 1. The summed E-state index contributed by atoms with van der Waals surface area (Å²) in [6, 6.07) is 8.70. The molecule has 0 radical (unpaired) electrons. The van der Waals surface area contributed by atoms with Crippen molar-refractivity contribution >= 4 is 26.9 Å². The maximum Gasteiger partial charge on any atom is 0.148 e. The summed E-state index contributed by atoms with van der Waals surface area (Å²) in [4.78, 5) is 0. The molecule has 3 heteroatoms. The number of benzene rings is 1. The molecular formula is C18H26BrNO. The molecule has 0 aliphatic carbocycles. The van der Waals surface area contributed by atoms with E-state index in [4.69, 9.17) is 4.42 Å². The summed E-state index contributed by atoms with van der Waals surface area (Å²) in [6.45, 7) is 7.80. The Balaban J connectivity index is 2.15. The molecule has 0 fully saturated rings. The fourth-order valence-electron chi connectivity index (χ4n) is 2.61. The van der Waals surface area contributed by atoms with Crippen molar-refractivity contribution in [2.45, 2.75) is 52.5 Å². The normalized spacial score (nSPS) is 13.2. The molecule has 1 heterocycles. The van der Waals surface area contributed by atoms with E-state index in [9.17, 15) is 0 Å². The van der Waals surface area contributed by atoms with Crippen molar-refractivity contribution in [3.8, 4) is 0 Å². The van der Waals surface area contributed by atoms with Crippen molar-refractivity contribution in [1.29, 1.82) is 0 Å². The first kappa shape index (κ1) is 16.6. The maximum atomic E-state index is 6.11. The van der Waals surface area contributed by atoms with Gasteiger partial charge < -0.3 is 9.73 Å². The first-order chi connectivity index (χ1) is 10.1. The molecule has 1 N–H and O–H groups in total. The number of rotatable bonds is 8. The summed E-state index contributed by atoms with van der Waals surface area (Å²) >= 11 is 3.57. The molecule has 0 amide bonds. The highest BCUT2D eigenvalue weighted by molar-refractivity contribution is 9.10. The smallest absolute Gasteiger partial charge is 0.148 e. The van der Waals surface area contributed by atoms with Gasteiger partial charge in [0.25, 0.3) is 0 Å². The fourth-order valence-corrected chi connectivity index (χ4v) is 3.08. The highest BCUT2D eigenvalue weighted by atomic mass is 79.9. The lowest BCUT2D eigenvalue weighted by atomic mass is 10.0. The van der Waals surface area contributed by atoms with E-state index in [0.29, 0.717) is 6.04 Å². The molecule has 21 heavy (non-hydrogen) atoms. The number of hydrogen-bond acceptors (Lipinski definition) is 2. The molecule has 1 aromatic heterocycles. The Labute approximate surface area is 136 Å². The summed E-state index contributed by atoms with van der Waals surface area (Å²) in [6.07, 6.45) is 4.78. The second-order valence-electron chi connectivity index (χ2n) is 6.14. The fraction of sp³-hybridized carbons (Fsp3) is 0.556. The number of halogens is 1. The molecule has 1 unspecified atom stereocenters. The van der Waals surface area contributed by atoms with Crippen LogP contribution in [0.4, 0.5) is 0 Å². The van der Waals surface area contributed by atoms with Gasteiger partial charge in [0.05, 0.1) is 10.5 Å².